The van der Waals surface area contributed by atoms with Crippen LogP contribution in [0.5, 0.6) is 0 Å². The molecule has 0 saturated heterocycles. The van der Waals surface area contributed by atoms with Gasteiger partial charge >= 0.3 is 0 Å². The van der Waals surface area contributed by atoms with E-state index in [1.165, 1.54) is 11.0 Å². The van der Waals surface area contributed by atoms with Gasteiger partial charge < -0.3 is 4.57 Å². The molecule has 2 rings (SSSR count). The summed E-state index contributed by atoms with van der Waals surface area (Å²) in [5, 5.41) is 12.5. The van der Waals surface area contributed by atoms with Gasteiger partial charge in [-0.25, -0.2) is 9.97 Å². The minimum absolute atomic E-state index is 0.149. The van der Waals surface area contributed by atoms with Crippen molar-refractivity contribution in [3.8, 4) is 12.0 Å². The Labute approximate surface area is 80.4 Å². The molecule has 70 valence electrons. The van der Waals surface area contributed by atoms with Gasteiger partial charge in [0.25, 0.3) is 5.82 Å². The van der Waals surface area contributed by atoms with Crippen LogP contribution in [0.4, 0.5) is 0 Å². The number of aromatic nitrogens is 5. The molecule has 2 aromatic heterocycles. The summed E-state index contributed by atoms with van der Waals surface area (Å²) in [4.78, 5) is 7.92. The highest BCUT2D eigenvalue weighted by Crippen LogP contribution is 2.02. The first-order chi connectivity index (χ1) is 6.85. The highest BCUT2D eigenvalue weighted by atomic mass is 15.4. The minimum atomic E-state index is 0.149. The van der Waals surface area contributed by atoms with Gasteiger partial charge in [0, 0.05) is 18.9 Å². The monoisotopic (exact) mass is 188 g/mol. The Morgan fingerprint density at radius 2 is 2.36 bits per heavy atom. The highest BCUT2D eigenvalue weighted by Gasteiger charge is 2.06. The van der Waals surface area contributed by atoms with E-state index < -0.39 is 0 Å². The van der Waals surface area contributed by atoms with Crippen molar-refractivity contribution in [2.45, 2.75) is 13.5 Å². The van der Waals surface area contributed by atoms with Crippen LogP contribution in [-0.2, 0) is 6.54 Å². The number of aryl methyl sites for hydroxylation is 1. The van der Waals surface area contributed by atoms with Crippen LogP contribution in [0.3, 0.4) is 0 Å². The van der Waals surface area contributed by atoms with E-state index in [0.717, 1.165) is 6.54 Å². The van der Waals surface area contributed by atoms with Crippen LogP contribution in [-0.4, -0.2) is 24.3 Å². The summed E-state index contributed by atoms with van der Waals surface area (Å²) in [5.41, 5.74) is 0. The summed E-state index contributed by atoms with van der Waals surface area (Å²) in [5.74, 6) is 0.817. The molecule has 0 aliphatic rings. The number of hydrogen-bond acceptors (Lipinski definition) is 4. The first kappa shape index (κ1) is 8.44. The lowest BCUT2D eigenvalue weighted by atomic mass is 10.7. The predicted molar refractivity (Wildman–Crippen MR) is 47.5 cm³/mol. The Bertz CT molecular complexity index is 474. The molecule has 0 saturated carbocycles. The van der Waals surface area contributed by atoms with Gasteiger partial charge in [-0.15, -0.1) is 5.10 Å². The second-order valence-corrected chi connectivity index (χ2v) is 2.64. The molecule has 0 aromatic carbocycles. The third-order valence-electron chi connectivity index (χ3n) is 1.83. The minimum Gasteiger partial charge on any atom is -0.316 e. The molecule has 0 fully saturated rings. The van der Waals surface area contributed by atoms with Crippen LogP contribution in [0.1, 0.15) is 12.7 Å². The van der Waals surface area contributed by atoms with Crippen molar-refractivity contribution in [1.82, 2.24) is 24.3 Å². The van der Waals surface area contributed by atoms with Crippen molar-refractivity contribution in [3.05, 3.63) is 24.5 Å². The lowest BCUT2D eigenvalue weighted by Crippen LogP contribution is -2.05. The average molecular weight is 188 g/mol. The average Bonchev–Trinajstić information content (AvgIpc) is 2.85. The molecule has 0 radical (unpaired) electrons. The maximum atomic E-state index is 8.56. The van der Waals surface area contributed by atoms with Gasteiger partial charge in [0.15, 0.2) is 0 Å². The zero-order valence-electron chi connectivity index (χ0n) is 7.62. The smallest absolute Gasteiger partial charge is 0.252 e. The Morgan fingerprint density at radius 1 is 1.50 bits per heavy atom. The normalized spacial score (nSPS) is 10.0. The number of hydrogen-bond donors (Lipinski definition) is 0. The molecule has 0 bridgehead atoms. The SMILES string of the molecule is CCn1ccnc1-n1cnc(C#N)n1. The van der Waals surface area contributed by atoms with E-state index in [2.05, 4.69) is 15.1 Å². The molecule has 0 unspecified atom stereocenters. The quantitative estimate of drug-likeness (QED) is 0.681. The van der Waals surface area contributed by atoms with Gasteiger partial charge in [-0.3, -0.25) is 0 Å². The summed E-state index contributed by atoms with van der Waals surface area (Å²) in [6.45, 7) is 2.81. The first-order valence-corrected chi connectivity index (χ1v) is 4.18. The standard InChI is InChI=1S/C8H8N6/c1-2-13-4-3-10-8(13)14-6-11-7(5-9)12-14/h3-4,6H,2H2,1H3. The fourth-order valence-corrected chi connectivity index (χ4v) is 1.17. The summed E-state index contributed by atoms with van der Waals surface area (Å²) in [7, 11) is 0. The molecular formula is C8H8N6. The number of nitriles is 1. The molecule has 6 heteroatoms. The third kappa shape index (κ3) is 1.25. The van der Waals surface area contributed by atoms with Crippen molar-refractivity contribution < 1.29 is 0 Å². The van der Waals surface area contributed by atoms with Gasteiger partial charge in [-0.2, -0.15) is 9.94 Å². The highest BCUT2D eigenvalue weighted by molar-refractivity contribution is 5.14. The van der Waals surface area contributed by atoms with Gasteiger partial charge in [-0.1, -0.05) is 0 Å². The molecular weight excluding hydrogens is 180 g/mol. The summed E-state index contributed by atoms with van der Waals surface area (Å²) in [6.07, 6.45) is 5.02. The van der Waals surface area contributed by atoms with E-state index in [0.29, 0.717) is 5.95 Å². The number of imidazole rings is 1. The van der Waals surface area contributed by atoms with E-state index in [-0.39, 0.29) is 5.82 Å². The van der Waals surface area contributed by atoms with Gasteiger partial charge in [0.05, 0.1) is 0 Å². The van der Waals surface area contributed by atoms with Gasteiger partial charge in [-0.05, 0) is 6.92 Å². The first-order valence-electron chi connectivity index (χ1n) is 4.18. The van der Waals surface area contributed by atoms with Crippen LogP contribution in [0.2, 0.25) is 0 Å². The molecule has 2 heterocycles. The molecule has 0 aliphatic carbocycles. The Hall–Kier alpha value is -2.16. The van der Waals surface area contributed by atoms with Crippen LogP contribution < -0.4 is 0 Å². The molecule has 0 spiro atoms. The molecule has 0 aliphatic heterocycles. The maximum absolute atomic E-state index is 8.56. The number of nitrogens with zero attached hydrogens (tertiary/aromatic N) is 6. The zero-order valence-corrected chi connectivity index (χ0v) is 7.62. The van der Waals surface area contributed by atoms with Crippen molar-refractivity contribution in [1.29, 1.82) is 5.26 Å². The summed E-state index contributed by atoms with van der Waals surface area (Å²) in [6, 6.07) is 1.87. The van der Waals surface area contributed by atoms with Gasteiger partial charge in [0.1, 0.15) is 12.4 Å². The molecule has 0 atom stereocenters. The van der Waals surface area contributed by atoms with Crippen LogP contribution >= 0.6 is 0 Å². The topological polar surface area (TPSA) is 72.3 Å². The fourth-order valence-electron chi connectivity index (χ4n) is 1.17. The second-order valence-electron chi connectivity index (χ2n) is 2.64. The molecule has 0 N–H and O–H groups in total. The molecule has 14 heavy (non-hydrogen) atoms. The lowest BCUT2D eigenvalue weighted by Gasteiger charge is -2.01. The van der Waals surface area contributed by atoms with Crippen LogP contribution in [0, 0.1) is 11.3 Å². The molecule has 0 amide bonds. The third-order valence-corrected chi connectivity index (χ3v) is 1.83. The Balaban J connectivity index is 2.45. The fraction of sp³-hybridized carbons (Fsp3) is 0.250. The van der Waals surface area contributed by atoms with Crippen molar-refractivity contribution in [3.63, 3.8) is 0 Å². The van der Waals surface area contributed by atoms with Crippen molar-refractivity contribution in [2.75, 3.05) is 0 Å². The maximum Gasteiger partial charge on any atom is 0.252 e. The van der Waals surface area contributed by atoms with Crippen molar-refractivity contribution in [2.24, 2.45) is 0 Å². The van der Waals surface area contributed by atoms with E-state index in [1.54, 1.807) is 6.20 Å². The van der Waals surface area contributed by atoms with E-state index >= 15 is 0 Å². The van der Waals surface area contributed by atoms with Crippen molar-refractivity contribution >= 4 is 0 Å². The number of rotatable bonds is 2. The largest absolute Gasteiger partial charge is 0.316 e. The van der Waals surface area contributed by atoms with Gasteiger partial charge in [0.2, 0.25) is 5.95 Å². The zero-order chi connectivity index (χ0) is 9.97. The Morgan fingerprint density at radius 3 is 3.00 bits per heavy atom. The lowest BCUT2D eigenvalue weighted by molar-refractivity contribution is 0.684. The van der Waals surface area contributed by atoms with E-state index in [1.807, 2.05) is 23.8 Å². The Kier molecular flexibility index (Phi) is 1.99. The van der Waals surface area contributed by atoms with E-state index in [4.69, 9.17) is 5.26 Å². The summed E-state index contributed by atoms with van der Waals surface area (Å²) < 4.78 is 3.40. The van der Waals surface area contributed by atoms with Crippen LogP contribution in [0.15, 0.2) is 18.7 Å². The van der Waals surface area contributed by atoms with Crippen LogP contribution in [0.25, 0.3) is 5.95 Å². The van der Waals surface area contributed by atoms with E-state index in [9.17, 15) is 0 Å². The second kappa shape index (κ2) is 3.30. The molecule has 2 aromatic rings. The molecule has 6 nitrogen and oxygen atoms in total. The summed E-state index contributed by atoms with van der Waals surface area (Å²) >= 11 is 0. The predicted octanol–water partition coefficient (Wildman–Crippen LogP) is 0.355.